The lowest BCUT2D eigenvalue weighted by Gasteiger charge is -2.06. The number of ether oxygens (including phenoxy) is 1. The molecule has 0 aliphatic carbocycles. The van der Waals surface area contributed by atoms with Gasteiger partial charge in [0.15, 0.2) is 0 Å². The number of carboxylic acid groups (broad SMARTS) is 1. The summed E-state index contributed by atoms with van der Waals surface area (Å²) in [6.45, 7) is 1.57. The molecule has 1 aromatic carbocycles. The quantitative estimate of drug-likeness (QED) is 0.572. The molecule has 0 bridgehead atoms. The Kier molecular flexibility index (Phi) is 5.40. The third kappa shape index (κ3) is 4.20. The van der Waals surface area contributed by atoms with Crippen LogP contribution in [0.1, 0.15) is 22.8 Å². The summed E-state index contributed by atoms with van der Waals surface area (Å²) in [7, 11) is 1.19. The van der Waals surface area contributed by atoms with E-state index in [1.807, 2.05) is 0 Å². The monoisotopic (exact) mass is 277 g/mol. The van der Waals surface area contributed by atoms with Crippen molar-refractivity contribution in [3.8, 4) is 0 Å². The van der Waals surface area contributed by atoms with Crippen molar-refractivity contribution >= 4 is 23.6 Å². The Morgan fingerprint density at radius 1 is 1.35 bits per heavy atom. The Bertz CT molecular complexity index is 566. The number of rotatable bonds is 4. The summed E-state index contributed by atoms with van der Waals surface area (Å²) in [5.74, 6) is -1.18. The Hall–Kier alpha value is -2.70. The molecule has 0 saturated carbocycles. The van der Waals surface area contributed by atoms with E-state index in [4.69, 9.17) is 10.5 Å². The molecule has 7 heteroatoms. The molecule has 0 aromatic heterocycles. The highest BCUT2D eigenvalue weighted by Crippen LogP contribution is 2.10. The number of amides is 1. The predicted molar refractivity (Wildman–Crippen MR) is 73.7 cm³/mol. The van der Waals surface area contributed by atoms with Crippen molar-refractivity contribution in [1.82, 2.24) is 5.32 Å². The first-order chi connectivity index (χ1) is 9.45. The average molecular weight is 277 g/mol. The van der Waals surface area contributed by atoms with Crippen LogP contribution >= 0.6 is 0 Å². The van der Waals surface area contributed by atoms with E-state index in [9.17, 15) is 9.59 Å². The first kappa shape index (κ1) is 15.4. The SMILES string of the molecule is COC(=O)NC(=N)CN=C(C)c1ccccc1C(=O)O. The number of carbonyl (C=O) groups is 2. The van der Waals surface area contributed by atoms with E-state index in [-0.39, 0.29) is 17.9 Å². The Balaban J connectivity index is 2.82. The fourth-order valence-electron chi connectivity index (χ4n) is 1.48. The first-order valence-corrected chi connectivity index (χ1v) is 5.71. The number of carbonyl (C=O) groups excluding carboxylic acids is 1. The molecule has 0 atom stereocenters. The molecule has 1 aromatic rings. The normalized spacial score (nSPS) is 10.8. The molecule has 0 unspecified atom stereocenters. The average Bonchev–Trinajstić information content (AvgIpc) is 2.44. The largest absolute Gasteiger partial charge is 0.478 e. The zero-order valence-electron chi connectivity index (χ0n) is 11.1. The minimum atomic E-state index is -1.04. The molecule has 20 heavy (non-hydrogen) atoms. The summed E-state index contributed by atoms with van der Waals surface area (Å²) in [4.78, 5) is 26.0. The summed E-state index contributed by atoms with van der Waals surface area (Å²) < 4.78 is 4.35. The standard InChI is InChI=1S/C13H15N3O4/c1-8(15-7-11(14)16-13(19)20-2)9-5-3-4-6-10(9)12(17)18/h3-6H,7H2,1-2H3,(H,17,18)(H2,14,16,19). The third-order valence-corrected chi connectivity index (χ3v) is 2.46. The molecule has 1 amide bonds. The Morgan fingerprint density at radius 3 is 2.50 bits per heavy atom. The lowest BCUT2D eigenvalue weighted by Crippen LogP contribution is -2.31. The first-order valence-electron chi connectivity index (χ1n) is 5.71. The van der Waals surface area contributed by atoms with Gasteiger partial charge in [0.2, 0.25) is 0 Å². The van der Waals surface area contributed by atoms with Gasteiger partial charge < -0.3 is 9.84 Å². The molecule has 3 N–H and O–H groups in total. The molecule has 0 fully saturated rings. The van der Waals surface area contributed by atoms with E-state index in [2.05, 4.69) is 15.0 Å². The maximum Gasteiger partial charge on any atom is 0.412 e. The molecular formula is C13H15N3O4. The van der Waals surface area contributed by atoms with E-state index >= 15 is 0 Å². The molecule has 0 spiro atoms. The number of alkyl carbamates (subject to hydrolysis) is 1. The van der Waals surface area contributed by atoms with Crippen molar-refractivity contribution in [2.24, 2.45) is 4.99 Å². The number of methoxy groups -OCH3 is 1. The van der Waals surface area contributed by atoms with Gasteiger partial charge in [-0.05, 0) is 13.0 Å². The van der Waals surface area contributed by atoms with Crippen LogP contribution in [-0.4, -0.2) is 42.4 Å². The van der Waals surface area contributed by atoms with Gasteiger partial charge in [0.05, 0.1) is 19.2 Å². The van der Waals surface area contributed by atoms with Gasteiger partial charge in [-0.25, -0.2) is 9.59 Å². The maximum absolute atomic E-state index is 11.1. The minimum Gasteiger partial charge on any atom is -0.478 e. The van der Waals surface area contributed by atoms with Crippen molar-refractivity contribution in [1.29, 1.82) is 5.41 Å². The van der Waals surface area contributed by atoms with Crippen LogP contribution in [-0.2, 0) is 4.74 Å². The molecule has 1 rings (SSSR count). The Labute approximate surface area is 115 Å². The molecule has 0 aliphatic rings. The summed E-state index contributed by atoms with van der Waals surface area (Å²) in [6.07, 6.45) is -0.742. The number of carboxylic acids is 1. The van der Waals surface area contributed by atoms with E-state index in [0.29, 0.717) is 11.3 Å². The van der Waals surface area contributed by atoms with Crippen LogP contribution in [0.3, 0.4) is 0 Å². The highest BCUT2D eigenvalue weighted by Gasteiger charge is 2.11. The maximum atomic E-state index is 11.1. The predicted octanol–water partition coefficient (Wildman–Crippen LogP) is 1.53. The summed E-state index contributed by atoms with van der Waals surface area (Å²) >= 11 is 0. The zero-order valence-corrected chi connectivity index (χ0v) is 11.1. The lowest BCUT2D eigenvalue weighted by atomic mass is 10.0. The van der Waals surface area contributed by atoms with Gasteiger partial charge in [0.1, 0.15) is 5.84 Å². The second-order valence-electron chi connectivity index (χ2n) is 3.85. The van der Waals surface area contributed by atoms with E-state index in [1.165, 1.54) is 13.2 Å². The van der Waals surface area contributed by atoms with Crippen molar-refractivity contribution < 1.29 is 19.4 Å². The highest BCUT2D eigenvalue weighted by atomic mass is 16.5. The number of hydrogen-bond acceptors (Lipinski definition) is 5. The fraction of sp³-hybridized carbons (Fsp3) is 0.231. The molecule has 0 radical (unpaired) electrons. The van der Waals surface area contributed by atoms with Gasteiger partial charge >= 0.3 is 12.1 Å². The van der Waals surface area contributed by atoms with Crippen LogP contribution in [0.4, 0.5) is 4.79 Å². The third-order valence-electron chi connectivity index (χ3n) is 2.46. The fourth-order valence-corrected chi connectivity index (χ4v) is 1.48. The number of benzene rings is 1. The molecule has 0 saturated heterocycles. The van der Waals surface area contributed by atoms with Crippen LogP contribution in [0.5, 0.6) is 0 Å². The van der Waals surface area contributed by atoms with E-state index in [1.54, 1.807) is 25.1 Å². The number of hydrogen-bond donors (Lipinski definition) is 3. The number of aromatic carboxylic acids is 1. The molecular weight excluding hydrogens is 262 g/mol. The van der Waals surface area contributed by atoms with Crippen LogP contribution in [0.15, 0.2) is 29.3 Å². The second-order valence-corrected chi connectivity index (χ2v) is 3.85. The number of aliphatic imine (C=N–C) groups is 1. The van der Waals surface area contributed by atoms with Crippen LogP contribution in [0.25, 0.3) is 0 Å². The topological polar surface area (TPSA) is 112 Å². The van der Waals surface area contributed by atoms with Crippen molar-refractivity contribution in [3.05, 3.63) is 35.4 Å². The minimum absolute atomic E-state index is 0.0745. The Morgan fingerprint density at radius 2 is 1.95 bits per heavy atom. The lowest BCUT2D eigenvalue weighted by molar-refractivity contribution is 0.0696. The van der Waals surface area contributed by atoms with Gasteiger partial charge in [0, 0.05) is 11.3 Å². The van der Waals surface area contributed by atoms with Gasteiger partial charge in [0.25, 0.3) is 0 Å². The highest BCUT2D eigenvalue weighted by molar-refractivity contribution is 6.08. The van der Waals surface area contributed by atoms with E-state index in [0.717, 1.165) is 0 Å². The van der Waals surface area contributed by atoms with Gasteiger partial charge in [-0.3, -0.25) is 15.7 Å². The van der Waals surface area contributed by atoms with Crippen LogP contribution < -0.4 is 5.32 Å². The van der Waals surface area contributed by atoms with Gasteiger partial charge in [-0.2, -0.15) is 0 Å². The van der Waals surface area contributed by atoms with Crippen LogP contribution in [0.2, 0.25) is 0 Å². The van der Waals surface area contributed by atoms with Gasteiger partial charge in [-0.1, -0.05) is 18.2 Å². The molecule has 0 aliphatic heterocycles. The number of nitrogens with one attached hydrogen (secondary N) is 2. The van der Waals surface area contributed by atoms with Crippen molar-refractivity contribution in [2.75, 3.05) is 13.7 Å². The smallest absolute Gasteiger partial charge is 0.412 e. The van der Waals surface area contributed by atoms with Crippen molar-refractivity contribution in [2.45, 2.75) is 6.92 Å². The number of amidine groups is 1. The molecule has 7 nitrogen and oxygen atoms in total. The van der Waals surface area contributed by atoms with Crippen molar-refractivity contribution in [3.63, 3.8) is 0 Å². The summed E-state index contributed by atoms with van der Waals surface area (Å²) in [6, 6.07) is 6.45. The van der Waals surface area contributed by atoms with Crippen LogP contribution in [0, 0.1) is 5.41 Å². The van der Waals surface area contributed by atoms with Gasteiger partial charge in [-0.15, -0.1) is 0 Å². The second kappa shape index (κ2) is 7.03. The molecule has 0 heterocycles. The summed E-state index contributed by atoms with van der Waals surface area (Å²) in [5.41, 5.74) is 1.09. The zero-order chi connectivity index (χ0) is 15.1. The summed E-state index contributed by atoms with van der Waals surface area (Å²) in [5, 5.41) is 18.7. The molecule has 106 valence electrons. The number of nitrogens with zero attached hydrogens (tertiary/aromatic N) is 1. The van der Waals surface area contributed by atoms with E-state index < -0.39 is 12.1 Å².